The van der Waals surface area contributed by atoms with Gasteiger partial charge in [-0.25, -0.2) is 0 Å². The quantitative estimate of drug-likeness (QED) is 0.287. The van der Waals surface area contributed by atoms with E-state index in [2.05, 4.69) is 5.10 Å². The van der Waals surface area contributed by atoms with E-state index in [0.717, 1.165) is 0 Å². The molecule has 4 rings (SSSR count). The second-order valence-corrected chi connectivity index (χ2v) is 8.13. The summed E-state index contributed by atoms with van der Waals surface area (Å²) in [5, 5.41) is 36.0. The monoisotopic (exact) mass is 464 g/mol. The Morgan fingerprint density at radius 1 is 1.09 bits per heavy atom. The molecule has 0 spiro atoms. The number of aromatic nitrogens is 2. The van der Waals surface area contributed by atoms with Crippen LogP contribution in [0.15, 0.2) is 57.9 Å². The van der Waals surface area contributed by atoms with E-state index in [4.69, 9.17) is 9.15 Å². The number of hydrogen-bond donors (Lipinski definition) is 3. The minimum absolute atomic E-state index is 0.0343. The topological polar surface area (TPSA) is 135 Å². The van der Waals surface area contributed by atoms with Crippen LogP contribution in [-0.2, 0) is 9.53 Å². The van der Waals surface area contributed by atoms with Crippen molar-refractivity contribution < 1.29 is 29.3 Å². The molecule has 3 N–H and O–H groups in total. The molecule has 176 valence electrons. The maximum atomic E-state index is 13.1. The van der Waals surface area contributed by atoms with Crippen LogP contribution in [0.4, 0.5) is 0 Å². The molecule has 0 unspecified atom stereocenters. The summed E-state index contributed by atoms with van der Waals surface area (Å²) in [6, 6.07) is 11.6. The van der Waals surface area contributed by atoms with E-state index in [-0.39, 0.29) is 34.8 Å². The number of benzene rings is 2. The summed E-state index contributed by atoms with van der Waals surface area (Å²) in [5.41, 5.74) is 0.312. The van der Waals surface area contributed by atoms with Gasteiger partial charge in [-0.15, -0.1) is 0 Å². The molecule has 34 heavy (non-hydrogen) atoms. The lowest BCUT2D eigenvalue weighted by Gasteiger charge is -2.22. The van der Waals surface area contributed by atoms with E-state index < -0.39 is 34.6 Å². The molecule has 4 aromatic rings. The predicted octanol–water partition coefficient (Wildman–Crippen LogP) is 4.05. The van der Waals surface area contributed by atoms with Crippen LogP contribution in [0.2, 0.25) is 0 Å². The van der Waals surface area contributed by atoms with Crippen molar-refractivity contribution in [3.8, 4) is 28.6 Å². The first-order chi connectivity index (χ1) is 16.2. The molecule has 0 amide bonds. The van der Waals surface area contributed by atoms with E-state index in [1.54, 1.807) is 41.2 Å². The highest BCUT2D eigenvalue weighted by Crippen LogP contribution is 2.49. The zero-order valence-electron chi connectivity index (χ0n) is 18.8. The number of nitrogens with zero attached hydrogens (tertiary/aromatic N) is 2. The lowest BCUT2D eigenvalue weighted by atomic mass is 9.89. The van der Waals surface area contributed by atoms with Crippen LogP contribution in [0.1, 0.15) is 43.5 Å². The SMILES string of the molecule is COC(=O)C[C@@H](c1c(O)c(O)c(O)c2c(=O)cc(-c3ccccc3)oc12)c1ccnn1C(C)C. The molecule has 0 saturated carbocycles. The van der Waals surface area contributed by atoms with Crippen molar-refractivity contribution in [3.63, 3.8) is 0 Å². The summed E-state index contributed by atoms with van der Waals surface area (Å²) in [7, 11) is 1.24. The number of hydrogen-bond acceptors (Lipinski definition) is 8. The molecule has 2 aromatic heterocycles. The molecule has 0 aliphatic rings. The van der Waals surface area contributed by atoms with Gasteiger partial charge in [-0.1, -0.05) is 30.3 Å². The van der Waals surface area contributed by atoms with E-state index in [9.17, 15) is 24.9 Å². The first-order valence-electron chi connectivity index (χ1n) is 10.6. The molecule has 0 radical (unpaired) electrons. The molecule has 0 aliphatic heterocycles. The number of aromatic hydroxyl groups is 3. The standard InChI is InChI=1S/C25H24N2O7/c1-13(2)27-16(9-10-26-27)15(11-19(29)33-3)20-22(30)24(32)23(31)21-17(28)12-18(34-25(20)21)14-7-5-4-6-8-14/h4-10,12-13,15,30-32H,11H2,1-3H3/t15-/m1/s1. The summed E-state index contributed by atoms with van der Waals surface area (Å²) in [6.07, 6.45) is 1.30. The molecule has 0 bridgehead atoms. The van der Waals surface area contributed by atoms with Gasteiger partial charge in [-0.05, 0) is 19.9 Å². The third-order valence-corrected chi connectivity index (χ3v) is 5.69. The Labute approximate surface area is 194 Å². The number of fused-ring (bicyclic) bond motifs is 1. The third kappa shape index (κ3) is 3.85. The molecule has 0 fully saturated rings. The minimum atomic E-state index is -0.916. The van der Waals surface area contributed by atoms with Gasteiger partial charge in [0.05, 0.1) is 19.1 Å². The fourth-order valence-electron chi connectivity index (χ4n) is 4.08. The number of carbonyl (C=O) groups excluding carboxylic acids is 1. The number of esters is 1. The van der Waals surface area contributed by atoms with Gasteiger partial charge in [0.2, 0.25) is 5.75 Å². The Hall–Kier alpha value is -4.27. The molecule has 0 aliphatic carbocycles. The van der Waals surface area contributed by atoms with Crippen LogP contribution in [0.5, 0.6) is 17.2 Å². The lowest BCUT2D eigenvalue weighted by Crippen LogP contribution is -2.17. The minimum Gasteiger partial charge on any atom is -0.504 e. The van der Waals surface area contributed by atoms with Gasteiger partial charge < -0.3 is 24.5 Å². The maximum Gasteiger partial charge on any atom is 0.306 e. The Morgan fingerprint density at radius 3 is 2.44 bits per heavy atom. The summed E-state index contributed by atoms with van der Waals surface area (Å²) in [4.78, 5) is 25.4. The van der Waals surface area contributed by atoms with Crippen LogP contribution < -0.4 is 5.43 Å². The van der Waals surface area contributed by atoms with Crippen molar-refractivity contribution in [1.29, 1.82) is 0 Å². The second kappa shape index (κ2) is 8.93. The van der Waals surface area contributed by atoms with Crippen molar-refractivity contribution >= 4 is 16.9 Å². The lowest BCUT2D eigenvalue weighted by molar-refractivity contribution is -0.140. The molecular weight excluding hydrogens is 440 g/mol. The predicted molar refractivity (Wildman–Crippen MR) is 124 cm³/mol. The van der Waals surface area contributed by atoms with Gasteiger partial charge in [0.1, 0.15) is 16.7 Å². The van der Waals surface area contributed by atoms with E-state index >= 15 is 0 Å². The van der Waals surface area contributed by atoms with E-state index in [1.807, 2.05) is 19.9 Å². The highest BCUT2D eigenvalue weighted by molar-refractivity contribution is 5.93. The first-order valence-corrected chi connectivity index (χ1v) is 10.6. The number of phenols is 3. The van der Waals surface area contributed by atoms with E-state index in [0.29, 0.717) is 11.3 Å². The molecule has 2 heterocycles. The van der Waals surface area contributed by atoms with Gasteiger partial charge in [0, 0.05) is 35.5 Å². The van der Waals surface area contributed by atoms with Gasteiger partial charge >= 0.3 is 5.97 Å². The Kier molecular flexibility index (Phi) is 6.02. The Morgan fingerprint density at radius 2 is 1.79 bits per heavy atom. The van der Waals surface area contributed by atoms with Gasteiger partial charge in [0.15, 0.2) is 16.9 Å². The van der Waals surface area contributed by atoms with E-state index in [1.165, 1.54) is 13.2 Å². The summed E-state index contributed by atoms with van der Waals surface area (Å²) in [6.45, 7) is 3.79. The number of rotatable bonds is 6. The summed E-state index contributed by atoms with van der Waals surface area (Å²) < 4.78 is 12.6. The molecule has 2 aromatic carbocycles. The maximum absolute atomic E-state index is 13.1. The van der Waals surface area contributed by atoms with Gasteiger partial charge in [-0.2, -0.15) is 5.10 Å². The van der Waals surface area contributed by atoms with Crippen molar-refractivity contribution in [3.05, 3.63) is 70.1 Å². The number of ether oxygens (including phenoxy) is 1. The van der Waals surface area contributed by atoms with Crippen molar-refractivity contribution in [1.82, 2.24) is 9.78 Å². The largest absolute Gasteiger partial charge is 0.504 e. The van der Waals surface area contributed by atoms with Crippen LogP contribution in [0.25, 0.3) is 22.3 Å². The smallest absolute Gasteiger partial charge is 0.306 e. The van der Waals surface area contributed by atoms with Crippen LogP contribution >= 0.6 is 0 Å². The average Bonchev–Trinajstić information content (AvgIpc) is 3.32. The van der Waals surface area contributed by atoms with Crippen LogP contribution in [-0.4, -0.2) is 38.2 Å². The highest BCUT2D eigenvalue weighted by atomic mass is 16.5. The second-order valence-electron chi connectivity index (χ2n) is 8.13. The average molecular weight is 464 g/mol. The number of methoxy groups -OCH3 is 1. The fraction of sp³-hybridized carbons (Fsp3) is 0.240. The normalized spacial score (nSPS) is 12.2. The molecule has 9 nitrogen and oxygen atoms in total. The van der Waals surface area contributed by atoms with Crippen molar-refractivity contribution in [2.45, 2.75) is 32.2 Å². The summed E-state index contributed by atoms with van der Waals surface area (Å²) in [5.74, 6) is -3.71. The Bertz CT molecular complexity index is 1420. The Balaban J connectivity index is 2.10. The van der Waals surface area contributed by atoms with Crippen LogP contribution in [0, 0.1) is 0 Å². The van der Waals surface area contributed by atoms with Gasteiger partial charge in [0.25, 0.3) is 0 Å². The molecule has 9 heteroatoms. The molecule has 0 saturated heterocycles. The van der Waals surface area contributed by atoms with Crippen LogP contribution in [0.3, 0.4) is 0 Å². The summed E-state index contributed by atoms with van der Waals surface area (Å²) >= 11 is 0. The third-order valence-electron chi connectivity index (χ3n) is 5.69. The molecule has 1 atom stereocenters. The number of carbonyl (C=O) groups is 1. The zero-order chi connectivity index (χ0) is 24.6. The first kappa shape index (κ1) is 22.9. The zero-order valence-corrected chi connectivity index (χ0v) is 18.8. The van der Waals surface area contributed by atoms with Crippen molar-refractivity contribution in [2.75, 3.05) is 7.11 Å². The molecular formula is C25H24N2O7. The van der Waals surface area contributed by atoms with Crippen molar-refractivity contribution in [2.24, 2.45) is 0 Å². The number of phenolic OH excluding ortho intramolecular Hbond substituents is 3. The highest BCUT2D eigenvalue weighted by Gasteiger charge is 2.33. The van der Waals surface area contributed by atoms with Gasteiger partial charge in [-0.3, -0.25) is 14.3 Å². The fourth-order valence-corrected chi connectivity index (χ4v) is 4.08.